The smallest absolute Gasteiger partial charge is 0.148 e. The second kappa shape index (κ2) is 10.1. The average Bonchev–Trinajstić information content (AvgIpc) is 2.59. The third-order valence-corrected chi connectivity index (χ3v) is 5.05. The van der Waals surface area contributed by atoms with Crippen LogP contribution in [0.4, 0.5) is 0 Å². The Morgan fingerprint density at radius 2 is 1.50 bits per heavy atom. The van der Waals surface area contributed by atoms with Crippen molar-refractivity contribution in [3.63, 3.8) is 0 Å². The first-order valence-electron chi connectivity index (χ1n) is 8.15. The molecule has 0 amide bonds. The maximum absolute atomic E-state index is 5.89. The second-order valence-electron chi connectivity index (χ2n) is 5.36. The maximum atomic E-state index is 5.89. The van der Waals surface area contributed by atoms with Gasteiger partial charge in [-0.05, 0) is 74.8 Å². The third kappa shape index (κ3) is 5.80. The SMILES string of the molecule is CCN(CC)CCOc1ccc(COc2c(Br)cccc2Br)cc1. The fourth-order valence-corrected chi connectivity index (χ4v) is 3.52. The highest BCUT2D eigenvalue weighted by atomic mass is 79.9. The summed E-state index contributed by atoms with van der Waals surface area (Å²) < 4.78 is 13.6. The molecule has 0 heterocycles. The molecule has 0 N–H and O–H groups in total. The van der Waals surface area contributed by atoms with Crippen LogP contribution in [0.2, 0.25) is 0 Å². The van der Waals surface area contributed by atoms with Crippen LogP contribution in [0.15, 0.2) is 51.4 Å². The van der Waals surface area contributed by atoms with Gasteiger partial charge in [0.2, 0.25) is 0 Å². The van der Waals surface area contributed by atoms with Gasteiger partial charge in [0, 0.05) is 6.54 Å². The summed E-state index contributed by atoms with van der Waals surface area (Å²) in [5.74, 6) is 1.71. The van der Waals surface area contributed by atoms with Gasteiger partial charge in [-0.15, -0.1) is 0 Å². The van der Waals surface area contributed by atoms with Gasteiger partial charge in [0.15, 0.2) is 0 Å². The van der Waals surface area contributed by atoms with Gasteiger partial charge in [-0.2, -0.15) is 0 Å². The van der Waals surface area contributed by atoms with Crippen molar-refractivity contribution in [3.05, 3.63) is 57.0 Å². The molecule has 0 saturated carbocycles. The van der Waals surface area contributed by atoms with Gasteiger partial charge in [0.05, 0.1) is 8.95 Å². The molecule has 0 fully saturated rings. The Hall–Kier alpha value is -1.04. The predicted octanol–water partition coefficient (Wildman–Crippen LogP) is 5.51. The van der Waals surface area contributed by atoms with Crippen LogP contribution in [0.25, 0.3) is 0 Å². The van der Waals surface area contributed by atoms with Crippen LogP contribution in [0.3, 0.4) is 0 Å². The molecule has 0 atom stereocenters. The Balaban J connectivity index is 1.84. The molecule has 2 aromatic rings. The molecule has 0 aliphatic heterocycles. The number of hydrogen-bond donors (Lipinski definition) is 0. The number of benzene rings is 2. The summed E-state index contributed by atoms with van der Waals surface area (Å²) in [6, 6.07) is 14.0. The summed E-state index contributed by atoms with van der Waals surface area (Å²) in [6.45, 7) is 8.63. The largest absolute Gasteiger partial charge is 0.492 e. The number of likely N-dealkylation sites (N-methyl/N-ethyl adjacent to an activating group) is 1. The zero-order valence-electron chi connectivity index (χ0n) is 14.1. The van der Waals surface area contributed by atoms with Crippen LogP contribution in [-0.4, -0.2) is 31.1 Å². The summed E-state index contributed by atoms with van der Waals surface area (Å²) in [7, 11) is 0. The monoisotopic (exact) mass is 455 g/mol. The molecule has 0 aromatic heterocycles. The Morgan fingerprint density at radius 3 is 2.08 bits per heavy atom. The summed E-state index contributed by atoms with van der Waals surface area (Å²) in [4.78, 5) is 2.35. The number of para-hydroxylation sites is 1. The van der Waals surface area contributed by atoms with Crippen LogP contribution in [-0.2, 0) is 6.61 Å². The molecule has 3 nitrogen and oxygen atoms in total. The Morgan fingerprint density at radius 1 is 0.875 bits per heavy atom. The lowest BCUT2D eigenvalue weighted by molar-refractivity contribution is 0.222. The Bertz CT molecular complexity index is 608. The first-order valence-corrected chi connectivity index (χ1v) is 9.73. The van der Waals surface area contributed by atoms with E-state index in [0.29, 0.717) is 13.2 Å². The molecule has 2 aromatic carbocycles. The molecular formula is C19H23Br2NO2. The minimum absolute atomic E-state index is 0.515. The highest BCUT2D eigenvalue weighted by molar-refractivity contribution is 9.11. The molecule has 130 valence electrons. The van der Waals surface area contributed by atoms with Crippen molar-refractivity contribution in [1.82, 2.24) is 4.90 Å². The van der Waals surface area contributed by atoms with Gasteiger partial charge in [0.25, 0.3) is 0 Å². The van der Waals surface area contributed by atoms with Gasteiger partial charge in [-0.3, -0.25) is 0 Å². The van der Waals surface area contributed by atoms with Gasteiger partial charge in [0.1, 0.15) is 24.7 Å². The molecule has 0 aliphatic rings. The van der Waals surface area contributed by atoms with E-state index < -0.39 is 0 Å². The van der Waals surface area contributed by atoms with Gasteiger partial charge in [-0.25, -0.2) is 0 Å². The second-order valence-corrected chi connectivity index (χ2v) is 7.07. The Labute approximate surface area is 161 Å². The first kappa shape index (κ1) is 19.3. The summed E-state index contributed by atoms with van der Waals surface area (Å²) in [6.07, 6.45) is 0. The number of rotatable bonds is 9. The van der Waals surface area contributed by atoms with Gasteiger partial charge < -0.3 is 14.4 Å². The highest BCUT2D eigenvalue weighted by Crippen LogP contribution is 2.33. The van der Waals surface area contributed by atoms with Crippen LogP contribution in [0.1, 0.15) is 19.4 Å². The van der Waals surface area contributed by atoms with Gasteiger partial charge in [-0.1, -0.05) is 32.0 Å². The van der Waals surface area contributed by atoms with E-state index in [0.717, 1.165) is 45.6 Å². The van der Waals surface area contributed by atoms with Crippen molar-refractivity contribution in [2.24, 2.45) is 0 Å². The van der Waals surface area contributed by atoms with Crippen molar-refractivity contribution >= 4 is 31.9 Å². The molecule has 0 aliphatic carbocycles. The van der Waals surface area contributed by atoms with Crippen LogP contribution in [0, 0.1) is 0 Å². The number of nitrogens with zero attached hydrogens (tertiary/aromatic N) is 1. The zero-order valence-corrected chi connectivity index (χ0v) is 17.3. The molecule has 5 heteroatoms. The van der Waals surface area contributed by atoms with E-state index in [9.17, 15) is 0 Å². The molecule has 0 saturated heterocycles. The first-order chi connectivity index (χ1) is 11.6. The average molecular weight is 457 g/mol. The fourth-order valence-electron chi connectivity index (χ4n) is 2.29. The van der Waals surface area contributed by atoms with Crippen molar-refractivity contribution < 1.29 is 9.47 Å². The van der Waals surface area contributed by atoms with Crippen molar-refractivity contribution in [2.75, 3.05) is 26.2 Å². The topological polar surface area (TPSA) is 21.7 Å². The molecular weight excluding hydrogens is 434 g/mol. The van der Waals surface area contributed by atoms with Crippen LogP contribution < -0.4 is 9.47 Å². The standard InChI is InChI=1S/C19H23Br2NO2/c1-3-22(4-2)12-13-23-16-10-8-15(9-11-16)14-24-19-17(20)6-5-7-18(19)21/h5-11H,3-4,12-14H2,1-2H3. The molecule has 0 radical (unpaired) electrons. The van der Waals surface area contributed by atoms with E-state index in [1.165, 1.54) is 0 Å². The highest BCUT2D eigenvalue weighted by Gasteiger charge is 2.06. The van der Waals surface area contributed by atoms with Crippen LogP contribution >= 0.6 is 31.9 Å². The number of ether oxygens (including phenoxy) is 2. The quantitative estimate of drug-likeness (QED) is 0.496. The van der Waals surface area contributed by atoms with E-state index in [1.54, 1.807) is 0 Å². The Kier molecular flexibility index (Phi) is 8.09. The zero-order chi connectivity index (χ0) is 17.4. The maximum Gasteiger partial charge on any atom is 0.148 e. The number of hydrogen-bond acceptors (Lipinski definition) is 3. The van der Waals surface area contributed by atoms with Gasteiger partial charge >= 0.3 is 0 Å². The molecule has 0 bridgehead atoms. The normalized spacial score (nSPS) is 10.9. The lowest BCUT2D eigenvalue weighted by atomic mass is 10.2. The number of halogens is 2. The minimum Gasteiger partial charge on any atom is -0.492 e. The minimum atomic E-state index is 0.515. The molecule has 0 unspecified atom stereocenters. The summed E-state index contributed by atoms with van der Waals surface area (Å²) in [5.41, 5.74) is 1.11. The molecule has 24 heavy (non-hydrogen) atoms. The van der Waals surface area contributed by atoms with Crippen LogP contribution in [0.5, 0.6) is 11.5 Å². The fraction of sp³-hybridized carbons (Fsp3) is 0.368. The van der Waals surface area contributed by atoms with E-state index in [2.05, 4.69) is 50.6 Å². The van der Waals surface area contributed by atoms with Crippen molar-refractivity contribution in [3.8, 4) is 11.5 Å². The molecule has 0 spiro atoms. The predicted molar refractivity (Wildman–Crippen MR) is 106 cm³/mol. The molecule has 2 rings (SSSR count). The summed E-state index contributed by atoms with van der Waals surface area (Å²) >= 11 is 7.01. The lowest BCUT2D eigenvalue weighted by Gasteiger charge is -2.18. The third-order valence-electron chi connectivity index (χ3n) is 3.80. The van der Waals surface area contributed by atoms with Crippen molar-refractivity contribution in [2.45, 2.75) is 20.5 Å². The van der Waals surface area contributed by atoms with E-state index in [-0.39, 0.29) is 0 Å². The van der Waals surface area contributed by atoms with E-state index >= 15 is 0 Å². The lowest BCUT2D eigenvalue weighted by Crippen LogP contribution is -2.27. The van der Waals surface area contributed by atoms with Crippen molar-refractivity contribution in [1.29, 1.82) is 0 Å². The summed E-state index contributed by atoms with van der Waals surface area (Å²) in [5, 5.41) is 0. The van der Waals surface area contributed by atoms with E-state index in [4.69, 9.17) is 9.47 Å². The van der Waals surface area contributed by atoms with E-state index in [1.807, 2.05) is 42.5 Å².